The van der Waals surface area contributed by atoms with Crippen LogP contribution in [0.5, 0.6) is 5.75 Å². The lowest BCUT2D eigenvalue weighted by atomic mass is 10.1. The fourth-order valence-electron chi connectivity index (χ4n) is 3.09. The quantitative estimate of drug-likeness (QED) is 0.588. The number of amides is 2. The van der Waals surface area contributed by atoms with E-state index in [9.17, 15) is 9.59 Å². The second kappa shape index (κ2) is 8.95. The van der Waals surface area contributed by atoms with Crippen LogP contribution in [0.25, 0.3) is 0 Å². The number of aryl methyl sites for hydroxylation is 1. The topological polar surface area (TPSA) is 58.6 Å². The van der Waals surface area contributed by atoms with Crippen LogP contribution in [0.15, 0.2) is 53.4 Å². The van der Waals surface area contributed by atoms with Crippen LogP contribution in [0.4, 0.5) is 5.69 Å². The zero-order valence-electron chi connectivity index (χ0n) is 15.6. The average molecular weight is 385 g/mol. The third kappa shape index (κ3) is 4.83. The van der Waals surface area contributed by atoms with Gasteiger partial charge >= 0.3 is 0 Å². The molecule has 1 atom stereocenters. The van der Waals surface area contributed by atoms with Gasteiger partial charge in [0.15, 0.2) is 0 Å². The summed E-state index contributed by atoms with van der Waals surface area (Å²) >= 11 is 1.71. The summed E-state index contributed by atoms with van der Waals surface area (Å²) in [5.41, 5.74) is 1.95. The smallest absolute Gasteiger partial charge is 0.227 e. The lowest BCUT2D eigenvalue weighted by Gasteiger charge is -2.19. The van der Waals surface area contributed by atoms with Gasteiger partial charge in [-0.15, -0.1) is 11.8 Å². The van der Waals surface area contributed by atoms with Crippen molar-refractivity contribution in [3.05, 3.63) is 54.1 Å². The summed E-state index contributed by atoms with van der Waals surface area (Å²) in [4.78, 5) is 27.7. The number of hydrogen-bond donors (Lipinski definition) is 1. The molecule has 1 heterocycles. The molecule has 1 aliphatic heterocycles. The van der Waals surface area contributed by atoms with Gasteiger partial charge in [0, 0.05) is 30.2 Å². The Morgan fingerprint density at radius 1 is 1.22 bits per heavy atom. The van der Waals surface area contributed by atoms with Crippen molar-refractivity contribution in [2.24, 2.45) is 5.92 Å². The maximum absolute atomic E-state index is 12.4. The van der Waals surface area contributed by atoms with Crippen molar-refractivity contribution in [1.29, 1.82) is 0 Å². The van der Waals surface area contributed by atoms with E-state index in [4.69, 9.17) is 4.74 Å². The molecule has 6 heteroatoms. The highest BCUT2D eigenvalue weighted by atomic mass is 32.2. The van der Waals surface area contributed by atoms with Crippen molar-refractivity contribution in [3.8, 4) is 5.75 Å². The number of rotatable bonds is 7. The lowest BCUT2D eigenvalue weighted by molar-refractivity contribution is -0.126. The van der Waals surface area contributed by atoms with Gasteiger partial charge in [0.25, 0.3) is 0 Å². The van der Waals surface area contributed by atoms with Gasteiger partial charge in [0.2, 0.25) is 11.8 Å². The highest BCUT2D eigenvalue weighted by Gasteiger charge is 2.36. The second-order valence-corrected chi connectivity index (χ2v) is 7.70. The molecule has 0 saturated carbocycles. The van der Waals surface area contributed by atoms with Crippen LogP contribution in [0.1, 0.15) is 12.0 Å². The van der Waals surface area contributed by atoms with E-state index >= 15 is 0 Å². The largest absolute Gasteiger partial charge is 0.495 e. The SMILES string of the molecule is COc1ccccc1N1CC(C(=O)NCCSc2ccc(C)cc2)CC1=O. The third-order valence-electron chi connectivity index (χ3n) is 4.56. The summed E-state index contributed by atoms with van der Waals surface area (Å²) in [5.74, 6) is 0.998. The fourth-order valence-corrected chi connectivity index (χ4v) is 3.86. The van der Waals surface area contributed by atoms with Crippen LogP contribution in [0.2, 0.25) is 0 Å². The van der Waals surface area contributed by atoms with Crippen LogP contribution in [-0.4, -0.2) is 37.8 Å². The number of carbonyl (C=O) groups excluding carboxylic acids is 2. The summed E-state index contributed by atoms with van der Waals surface area (Å²) in [6, 6.07) is 15.7. The Kier molecular flexibility index (Phi) is 6.40. The zero-order chi connectivity index (χ0) is 19.2. The molecule has 0 spiro atoms. The monoisotopic (exact) mass is 384 g/mol. The third-order valence-corrected chi connectivity index (χ3v) is 5.58. The van der Waals surface area contributed by atoms with E-state index in [-0.39, 0.29) is 24.2 Å². The molecule has 3 rings (SSSR count). The first-order chi connectivity index (χ1) is 13.1. The highest BCUT2D eigenvalue weighted by molar-refractivity contribution is 7.99. The second-order valence-electron chi connectivity index (χ2n) is 6.53. The molecule has 1 fully saturated rings. The summed E-state index contributed by atoms with van der Waals surface area (Å²) in [6.07, 6.45) is 0.231. The normalized spacial score (nSPS) is 16.4. The minimum absolute atomic E-state index is 0.0475. The zero-order valence-corrected chi connectivity index (χ0v) is 16.4. The van der Waals surface area contributed by atoms with E-state index in [1.165, 1.54) is 10.5 Å². The molecule has 142 valence electrons. The van der Waals surface area contributed by atoms with E-state index < -0.39 is 0 Å². The Morgan fingerprint density at radius 2 is 1.96 bits per heavy atom. The molecule has 1 aliphatic rings. The Labute approximate surface area is 164 Å². The van der Waals surface area contributed by atoms with Gasteiger partial charge in [-0.3, -0.25) is 9.59 Å². The first kappa shape index (κ1) is 19.3. The van der Waals surface area contributed by atoms with Crippen LogP contribution >= 0.6 is 11.8 Å². The van der Waals surface area contributed by atoms with E-state index in [1.807, 2.05) is 24.3 Å². The number of carbonyl (C=O) groups is 2. The number of para-hydroxylation sites is 2. The van der Waals surface area contributed by atoms with Gasteiger partial charge < -0.3 is 15.0 Å². The van der Waals surface area contributed by atoms with Gasteiger partial charge in [0.1, 0.15) is 5.75 Å². The molecule has 0 radical (unpaired) electrons. The molecule has 1 unspecified atom stereocenters. The predicted octanol–water partition coefficient (Wildman–Crippen LogP) is 3.27. The van der Waals surface area contributed by atoms with Crippen molar-refractivity contribution in [1.82, 2.24) is 5.32 Å². The van der Waals surface area contributed by atoms with Gasteiger partial charge in [-0.2, -0.15) is 0 Å². The van der Waals surface area contributed by atoms with E-state index in [1.54, 1.807) is 23.8 Å². The number of nitrogens with one attached hydrogen (secondary N) is 1. The number of ether oxygens (including phenoxy) is 1. The van der Waals surface area contributed by atoms with Gasteiger partial charge in [-0.25, -0.2) is 0 Å². The molecular formula is C21H24N2O3S. The summed E-state index contributed by atoms with van der Waals surface area (Å²) < 4.78 is 5.33. The van der Waals surface area contributed by atoms with Crippen molar-refractivity contribution < 1.29 is 14.3 Å². The molecular weight excluding hydrogens is 360 g/mol. The molecule has 5 nitrogen and oxygen atoms in total. The molecule has 2 amide bonds. The first-order valence-electron chi connectivity index (χ1n) is 8.99. The van der Waals surface area contributed by atoms with E-state index in [0.29, 0.717) is 18.8 Å². The van der Waals surface area contributed by atoms with Crippen molar-refractivity contribution >= 4 is 29.3 Å². The molecule has 27 heavy (non-hydrogen) atoms. The van der Waals surface area contributed by atoms with Crippen LogP contribution < -0.4 is 15.0 Å². The molecule has 0 aromatic heterocycles. The number of thioether (sulfide) groups is 1. The first-order valence-corrected chi connectivity index (χ1v) is 9.97. The molecule has 2 aromatic rings. The summed E-state index contributed by atoms with van der Waals surface area (Å²) in [5, 5.41) is 2.96. The van der Waals surface area contributed by atoms with Crippen molar-refractivity contribution in [2.45, 2.75) is 18.2 Å². The average Bonchev–Trinajstić information content (AvgIpc) is 3.08. The minimum atomic E-state index is -0.327. The Bertz CT molecular complexity index is 807. The number of benzene rings is 2. The van der Waals surface area contributed by atoms with Crippen LogP contribution in [0.3, 0.4) is 0 Å². The number of hydrogen-bond acceptors (Lipinski definition) is 4. The molecule has 0 aliphatic carbocycles. The van der Waals surface area contributed by atoms with Gasteiger partial charge in [0.05, 0.1) is 18.7 Å². The summed E-state index contributed by atoms with van der Waals surface area (Å²) in [7, 11) is 1.58. The number of nitrogens with zero attached hydrogens (tertiary/aromatic N) is 1. The minimum Gasteiger partial charge on any atom is -0.495 e. The standard InChI is InChI=1S/C21H24N2O3S/c1-15-7-9-17(10-8-15)27-12-11-22-21(25)16-13-20(24)23(14-16)18-5-3-4-6-19(18)26-2/h3-10,16H,11-14H2,1-2H3,(H,22,25). The van der Waals surface area contributed by atoms with Gasteiger partial charge in [-0.05, 0) is 31.2 Å². The number of methoxy groups -OCH3 is 1. The van der Waals surface area contributed by atoms with E-state index in [2.05, 4.69) is 36.5 Å². The number of anilines is 1. The van der Waals surface area contributed by atoms with Crippen molar-refractivity contribution in [2.75, 3.05) is 30.9 Å². The lowest BCUT2D eigenvalue weighted by Crippen LogP contribution is -2.34. The van der Waals surface area contributed by atoms with Crippen LogP contribution in [-0.2, 0) is 9.59 Å². The highest BCUT2D eigenvalue weighted by Crippen LogP contribution is 2.32. The van der Waals surface area contributed by atoms with Crippen molar-refractivity contribution in [3.63, 3.8) is 0 Å². The molecule has 1 saturated heterocycles. The maximum atomic E-state index is 12.4. The Balaban J connectivity index is 1.49. The molecule has 2 aromatic carbocycles. The fraction of sp³-hybridized carbons (Fsp3) is 0.333. The van der Waals surface area contributed by atoms with E-state index in [0.717, 1.165) is 11.4 Å². The van der Waals surface area contributed by atoms with Gasteiger partial charge in [-0.1, -0.05) is 29.8 Å². The Hall–Kier alpha value is -2.47. The Morgan fingerprint density at radius 3 is 2.70 bits per heavy atom. The maximum Gasteiger partial charge on any atom is 0.227 e. The summed E-state index contributed by atoms with van der Waals surface area (Å²) in [6.45, 7) is 3.03. The molecule has 1 N–H and O–H groups in total. The van der Waals surface area contributed by atoms with Crippen LogP contribution in [0, 0.1) is 12.8 Å². The molecule has 0 bridgehead atoms. The predicted molar refractivity (Wildman–Crippen MR) is 108 cm³/mol.